The molecule has 0 amide bonds. The molecular weight excluding hydrogens is 417 g/mol. The molecule has 0 unspecified atom stereocenters. The van der Waals surface area contributed by atoms with Crippen molar-refractivity contribution in [3.63, 3.8) is 0 Å². The summed E-state index contributed by atoms with van der Waals surface area (Å²) in [6.07, 6.45) is 2.01. The lowest BCUT2D eigenvalue weighted by molar-refractivity contribution is 0.100. The van der Waals surface area contributed by atoms with E-state index < -0.39 is 32.3 Å². The number of hydrogen-bond donors (Lipinski definition) is 1. The first-order valence-electron chi connectivity index (χ1n) is 10.2. The highest BCUT2D eigenvalue weighted by Gasteiger charge is 2.41. The second-order valence-corrected chi connectivity index (χ2v) is 11.6. The highest BCUT2D eigenvalue weighted by atomic mass is 32.2. The maximum Gasteiger partial charge on any atom is 0.265 e. The third-order valence-corrected chi connectivity index (χ3v) is 8.50. The topological polar surface area (TPSA) is 74.7 Å². The number of hydrogen-bond acceptors (Lipinski definition) is 4. The number of sulfonamides is 1. The van der Waals surface area contributed by atoms with Crippen LogP contribution in [0.4, 0.5) is 4.39 Å². The zero-order valence-corrected chi connectivity index (χ0v) is 19.1. The fourth-order valence-electron chi connectivity index (χ4n) is 4.56. The fraction of sp³-hybridized carbons (Fsp3) is 0.375. The summed E-state index contributed by atoms with van der Waals surface area (Å²) in [6, 6.07) is 8.54. The number of rotatable bonds is 1. The molecule has 2 aromatic rings. The number of aliphatic hydroxyl groups excluding tert-OH is 1. The van der Waals surface area contributed by atoms with E-state index in [2.05, 4.69) is 27.7 Å². The van der Waals surface area contributed by atoms with Gasteiger partial charge < -0.3 is 5.11 Å². The average Bonchev–Trinajstić information content (AvgIpc) is 2.70. The fourth-order valence-corrected chi connectivity index (χ4v) is 5.97. The number of carbonyl (C=O) groups is 1. The van der Waals surface area contributed by atoms with Crippen molar-refractivity contribution in [2.45, 2.75) is 56.3 Å². The minimum atomic E-state index is -4.18. The quantitative estimate of drug-likeness (QED) is 0.502. The van der Waals surface area contributed by atoms with Gasteiger partial charge in [0.2, 0.25) is 5.78 Å². The summed E-state index contributed by atoms with van der Waals surface area (Å²) in [6.45, 7) is 8.64. The van der Waals surface area contributed by atoms with Crippen LogP contribution >= 0.6 is 0 Å². The van der Waals surface area contributed by atoms with Gasteiger partial charge in [-0.15, -0.1) is 0 Å². The van der Waals surface area contributed by atoms with Crippen molar-refractivity contribution in [3.05, 3.63) is 70.2 Å². The Morgan fingerprint density at radius 1 is 1.00 bits per heavy atom. The molecule has 1 aliphatic carbocycles. The van der Waals surface area contributed by atoms with Gasteiger partial charge in [0.05, 0.1) is 0 Å². The van der Waals surface area contributed by atoms with Crippen molar-refractivity contribution in [2.75, 3.05) is 7.05 Å². The maximum absolute atomic E-state index is 13.7. The number of likely N-dealkylation sites (N-methyl/N-ethyl adjacent to an activating group) is 1. The van der Waals surface area contributed by atoms with Crippen molar-refractivity contribution < 1.29 is 22.7 Å². The standard InChI is InChI=1S/C24H26FNO4S/c1-23(2)10-11-24(3,4)18-12-14(6-9-17(18)23)21(27)20-22(28)16-8-7-15(25)13-19(16)31(29,30)26(20)5/h6-9,12-13,27H,10-11H2,1-5H3. The van der Waals surface area contributed by atoms with Gasteiger partial charge in [0.25, 0.3) is 10.0 Å². The van der Waals surface area contributed by atoms with Gasteiger partial charge in [0, 0.05) is 18.2 Å². The molecule has 1 heterocycles. The van der Waals surface area contributed by atoms with E-state index in [0.717, 1.165) is 40.9 Å². The highest BCUT2D eigenvalue weighted by Crippen LogP contribution is 2.46. The molecule has 164 valence electrons. The Bertz CT molecular complexity index is 1260. The molecule has 1 aliphatic heterocycles. The molecule has 0 atom stereocenters. The predicted octanol–water partition coefficient (Wildman–Crippen LogP) is 4.92. The Hall–Kier alpha value is -2.67. The van der Waals surface area contributed by atoms with E-state index in [1.165, 1.54) is 12.6 Å². The molecule has 0 spiro atoms. The van der Waals surface area contributed by atoms with Gasteiger partial charge >= 0.3 is 0 Å². The highest BCUT2D eigenvalue weighted by molar-refractivity contribution is 7.89. The minimum Gasteiger partial charge on any atom is -0.505 e. The van der Waals surface area contributed by atoms with Gasteiger partial charge in [0.15, 0.2) is 5.76 Å². The normalized spacial score (nSPS) is 22.5. The molecule has 0 saturated heterocycles. The monoisotopic (exact) mass is 443 g/mol. The molecular formula is C24H26FNO4S. The number of benzene rings is 2. The van der Waals surface area contributed by atoms with Crippen LogP contribution in [0.3, 0.4) is 0 Å². The van der Waals surface area contributed by atoms with E-state index in [4.69, 9.17) is 0 Å². The van der Waals surface area contributed by atoms with E-state index >= 15 is 0 Å². The molecule has 0 radical (unpaired) electrons. The first-order chi connectivity index (χ1) is 14.3. The largest absolute Gasteiger partial charge is 0.505 e. The Labute approximate surface area is 182 Å². The van der Waals surface area contributed by atoms with Crippen LogP contribution in [0.5, 0.6) is 0 Å². The van der Waals surface area contributed by atoms with Crippen LogP contribution < -0.4 is 0 Å². The molecule has 0 saturated carbocycles. The molecule has 0 fully saturated rings. The van der Waals surface area contributed by atoms with Crippen molar-refractivity contribution >= 4 is 21.6 Å². The summed E-state index contributed by atoms with van der Waals surface area (Å²) in [4.78, 5) is 12.7. The van der Waals surface area contributed by atoms with Crippen molar-refractivity contribution in [3.8, 4) is 0 Å². The lowest BCUT2D eigenvalue weighted by Crippen LogP contribution is -2.37. The van der Waals surface area contributed by atoms with Crippen LogP contribution in [0.1, 0.15) is 67.6 Å². The Morgan fingerprint density at radius 3 is 2.26 bits per heavy atom. The molecule has 2 aromatic carbocycles. The van der Waals surface area contributed by atoms with Gasteiger partial charge in [-0.25, -0.2) is 12.8 Å². The molecule has 0 aromatic heterocycles. The van der Waals surface area contributed by atoms with E-state index in [9.17, 15) is 22.7 Å². The smallest absolute Gasteiger partial charge is 0.265 e. The van der Waals surface area contributed by atoms with E-state index in [0.29, 0.717) is 5.56 Å². The zero-order chi connectivity index (χ0) is 22.9. The van der Waals surface area contributed by atoms with Gasteiger partial charge in [-0.05, 0) is 59.1 Å². The first kappa shape index (κ1) is 21.6. The summed E-state index contributed by atoms with van der Waals surface area (Å²) in [5, 5.41) is 11.1. The van der Waals surface area contributed by atoms with Gasteiger partial charge in [-0.2, -0.15) is 0 Å². The molecule has 5 nitrogen and oxygen atoms in total. The zero-order valence-electron chi connectivity index (χ0n) is 18.3. The van der Waals surface area contributed by atoms with E-state index in [1.54, 1.807) is 6.07 Å². The number of Topliss-reactive ketones (excluding diaryl/α,β-unsaturated/α-hetero) is 1. The summed E-state index contributed by atoms with van der Waals surface area (Å²) < 4.78 is 40.3. The number of nitrogens with zero attached hydrogens (tertiary/aromatic N) is 1. The number of allylic oxidation sites excluding steroid dienone is 1. The van der Waals surface area contributed by atoms with Crippen molar-refractivity contribution in [1.82, 2.24) is 4.31 Å². The second kappa shape index (κ2) is 6.66. The van der Waals surface area contributed by atoms with Gasteiger partial charge in [-0.1, -0.05) is 39.8 Å². The third kappa shape index (κ3) is 3.17. The summed E-state index contributed by atoms with van der Waals surface area (Å²) in [5.74, 6) is -1.82. The van der Waals surface area contributed by atoms with E-state index in [-0.39, 0.29) is 22.1 Å². The number of carbonyl (C=O) groups excluding carboxylic acids is 1. The Balaban J connectivity index is 1.93. The number of halogens is 1. The molecule has 4 rings (SSSR count). The molecule has 7 heteroatoms. The molecule has 0 bridgehead atoms. The van der Waals surface area contributed by atoms with Crippen molar-refractivity contribution in [1.29, 1.82) is 0 Å². The number of ketones is 1. The SMILES string of the molecule is CN1C(=C(O)c2ccc3c(c2)C(C)(C)CCC3(C)C)C(=O)c2ccc(F)cc2S1(=O)=O. The lowest BCUT2D eigenvalue weighted by Gasteiger charge is -2.42. The molecule has 2 aliphatic rings. The predicted molar refractivity (Wildman–Crippen MR) is 117 cm³/mol. The first-order valence-corrected chi connectivity index (χ1v) is 11.6. The van der Waals surface area contributed by atoms with Crippen LogP contribution in [-0.2, 0) is 20.9 Å². The maximum atomic E-state index is 13.7. The Kier molecular flexibility index (Phi) is 4.63. The number of fused-ring (bicyclic) bond motifs is 2. The number of aliphatic hydroxyl groups is 1. The van der Waals surface area contributed by atoms with Crippen LogP contribution in [0, 0.1) is 5.82 Å². The van der Waals surface area contributed by atoms with E-state index in [1.807, 2.05) is 12.1 Å². The average molecular weight is 444 g/mol. The molecule has 1 N–H and O–H groups in total. The summed E-state index contributed by atoms with van der Waals surface area (Å²) in [7, 11) is -2.99. The van der Waals surface area contributed by atoms with Gasteiger partial charge in [-0.3, -0.25) is 9.10 Å². The van der Waals surface area contributed by atoms with Gasteiger partial charge in [0.1, 0.15) is 16.4 Å². The van der Waals surface area contributed by atoms with Crippen LogP contribution in [-0.4, -0.2) is 30.7 Å². The second-order valence-electron chi connectivity index (χ2n) is 9.67. The summed E-state index contributed by atoms with van der Waals surface area (Å²) in [5.41, 5.74) is 2.00. The van der Waals surface area contributed by atoms with Crippen LogP contribution in [0.2, 0.25) is 0 Å². The lowest BCUT2D eigenvalue weighted by atomic mass is 9.63. The minimum absolute atomic E-state index is 0.0179. The Morgan fingerprint density at radius 2 is 1.61 bits per heavy atom. The van der Waals surface area contributed by atoms with Crippen molar-refractivity contribution in [2.24, 2.45) is 0 Å². The molecule has 31 heavy (non-hydrogen) atoms. The third-order valence-electron chi connectivity index (χ3n) is 6.71. The van der Waals surface area contributed by atoms with Crippen LogP contribution in [0.25, 0.3) is 5.76 Å². The van der Waals surface area contributed by atoms with Crippen LogP contribution in [0.15, 0.2) is 47.0 Å². The summed E-state index contributed by atoms with van der Waals surface area (Å²) >= 11 is 0.